The number of nitrogens with zero attached hydrogens (tertiary/aromatic N) is 2. The predicted molar refractivity (Wildman–Crippen MR) is 75.8 cm³/mol. The third kappa shape index (κ3) is 3.47. The Morgan fingerprint density at radius 3 is 2.63 bits per heavy atom. The van der Waals surface area contributed by atoms with Crippen LogP contribution in [-0.4, -0.2) is 48.3 Å². The Hall–Kier alpha value is -0.630. The molecule has 2 aliphatic rings. The van der Waals surface area contributed by atoms with Gasteiger partial charge in [-0.1, -0.05) is 0 Å². The van der Waals surface area contributed by atoms with E-state index >= 15 is 0 Å². The SMILES string of the molecule is CC(C)NC(C#N)(CN1CC(C)OCC1C)C1CC1. The van der Waals surface area contributed by atoms with Crippen LogP contribution in [0, 0.1) is 17.2 Å². The quantitative estimate of drug-likeness (QED) is 0.823. The van der Waals surface area contributed by atoms with Gasteiger partial charge in [-0.3, -0.25) is 10.2 Å². The zero-order valence-electron chi connectivity index (χ0n) is 12.6. The number of hydrogen-bond donors (Lipinski definition) is 1. The average molecular weight is 265 g/mol. The van der Waals surface area contributed by atoms with Gasteiger partial charge in [-0.2, -0.15) is 5.26 Å². The summed E-state index contributed by atoms with van der Waals surface area (Å²) in [6.45, 7) is 11.1. The van der Waals surface area contributed by atoms with E-state index in [9.17, 15) is 5.26 Å². The third-order valence-electron chi connectivity index (χ3n) is 4.21. The standard InChI is InChI=1S/C15H27N3O/c1-11(2)17-15(9-16,14-5-6-14)10-18-7-13(4)19-8-12(18)3/h11-14,17H,5-8,10H2,1-4H3. The van der Waals surface area contributed by atoms with Gasteiger partial charge in [-0.15, -0.1) is 0 Å². The number of nitrogens with one attached hydrogen (secondary N) is 1. The molecule has 108 valence electrons. The van der Waals surface area contributed by atoms with Crippen LogP contribution in [-0.2, 0) is 4.74 Å². The van der Waals surface area contributed by atoms with Gasteiger partial charge in [0.1, 0.15) is 5.54 Å². The molecule has 1 aliphatic carbocycles. The summed E-state index contributed by atoms with van der Waals surface area (Å²) in [6.07, 6.45) is 2.63. The van der Waals surface area contributed by atoms with E-state index in [0.29, 0.717) is 18.0 Å². The van der Waals surface area contributed by atoms with E-state index in [1.54, 1.807) is 0 Å². The maximum atomic E-state index is 9.75. The minimum absolute atomic E-state index is 0.269. The van der Waals surface area contributed by atoms with Gasteiger partial charge in [-0.05, 0) is 46.5 Å². The first-order valence-corrected chi connectivity index (χ1v) is 7.51. The molecule has 3 atom stereocenters. The van der Waals surface area contributed by atoms with Crippen molar-refractivity contribution in [2.24, 2.45) is 5.92 Å². The van der Waals surface area contributed by atoms with Crippen molar-refractivity contribution in [3.63, 3.8) is 0 Å². The van der Waals surface area contributed by atoms with Crippen molar-refractivity contribution in [2.45, 2.75) is 64.3 Å². The van der Waals surface area contributed by atoms with E-state index in [-0.39, 0.29) is 11.6 Å². The molecule has 1 aliphatic heterocycles. The molecular weight excluding hydrogens is 238 g/mol. The van der Waals surface area contributed by atoms with E-state index < -0.39 is 0 Å². The van der Waals surface area contributed by atoms with Crippen LogP contribution in [0.3, 0.4) is 0 Å². The highest BCUT2D eigenvalue weighted by Crippen LogP contribution is 2.40. The molecular formula is C15H27N3O. The van der Waals surface area contributed by atoms with Crippen molar-refractivity contribution in [2.75, 3.05) is 19.7 Å². The summed E-state index contributed by atoms with van der Waals surface area (Å²) in [5.41, 5.74) is -0.376. The first-order chi connectivity index (χ1) is 8.97. The summed E-state index contributed by atoms with van der Waals surface area (Å²) in [6, 6.07) is 3.34. The van der Waals surface area contributed by atoms with Crippen LogP contribution in [0.2, 0.25) is 0 Å². The van der Waals surface area contributed by atoms with Crippen LogP contribution in [0.5, 0.6) is 0 Å². The molecule has 0 spiro atoms. The first-order valence-electron chi connectivity index (χ1n) is 7.51. The summed E-state index contributed by atoms with van der Waals surface area (Å²) in [7, 11) is 0. The molecule has 2 fully saturated rings. The topological polar surface area (TPSA) is 48.3 Å². The maximum absolute atomic E-state index is 9.75. The van der Waals surface area contributed by atoms with Crippen molar-refractivity contribution in [3.05, 3.63) is 0 Å². The molecule has 4 nitrogen and oxygen atoms in total. The predicted octanol–water partition coefficient (Wildman–Crippen LogP) is 1.77. The van der Waals surface area contributed by atoms with E-state index in [1.807, 2.05) is 0 Å². The molecule has 1 saturated carbocycles. The van der Waals surface area contributed by atoms with Gasteiger partial charge in [-0.25, -0.2) is 0 Å². The minimum atomic E-state index is -0.376. The molecule has 0 aromatic rings. The third-order valence-corrected chi connectivity index (χ3v) is 4.21. The Labute approximate surface area is 117 Å². The van der Waals surface area contributed by atoms with Crippen molar-refractivity contribution in [1.82, 2.24) is 10.2 Å². The van der Waals surface area contributed by atoms with Crippen molar-refractivity contribution < 1.29 is 4.74 Å². The van der Waals surface area contributed by atoms with E-state index in [0.717, 1.165) is 19.7 Å². The average Bonchev–Trinajstić information content (AvgIpc) is 3.16. The van der Waals surface area contributed by atoms with Gasteiger partial charge in [0.2, 0.25) is 0 Å². The Bertz CT molecular complexity index is 348. The Kier molecular flexibility index (Phi) is 4.50. The van der Waals surface area contributed by atoms with E-state index in [1.165, 1.54) is 12.8 Å². The minimum Gasteiger partial charge on any atom is -0.376 e. The molecule has 2 rings (SSSR count). The van der Waals surface area contributed by atoms with E-state index in [2.05, 4.69) is 44.0 Å². The summed E-state index contributed by atoms with van der Waals surface area (Å²) in [4.78, 5) is 2.42. The van der Waals surface area contributed by atoms with Gasteiger partial charge < -0.3 is 4.74 Å². The van der Waals surface area contributed by atoms with Crippen LogP contribution < -0.4 is 5.32 Å². The molecule has 4 heteroatoms. The largest absolute Gasteiger partial charge is 0.376 e. The molecule has 1 N–H and O–H groups in total. The van der Waals surface area contributed by atoms with Crippen LogP contribution in [0.4, 0.5) is 0 Å². The molecule has 1 heterocycles. The lowest BCUT2D eigenvalue weighted by Gasteiger charge is -2.42. The number of ether oxygens (including phenoxy) is 1. The van der Waals surface area contributed by atoms with Gasteiger partial charge >= 0.3 is 0 Å². The summed E-state index contributed by atoms with van der Waals surface area (Å²) < 4.78 is 5.68. The molecule has 1 saturated heterocycles. The number of rotatable bonds is 5. The summed E-state index contributed by atoms with van der Waals surface area (Å²) in [5.74, 6) is 0.519. The Balaban J connectivity index is 2.08. The van der Waals surface area contributed by atoms with Crippen LogP contribution in [0.1, 0.15) is 40.5 Å². The van der Waals surface area contributed by atoms with Gasteiger partial charge in [0.15, 0.2) is 0 Å². The fourth-order valence-corrected chi connectivity index (χ4v) is 3.06. The Morgan fingerprint density at radius 2 is 2.11 bits per heavy atom. The number of hydrogen-bond acceptors (Lipinski definition) is 4. The monoisotopic (exact) mass is 265 g/mol. The van der Waals surface area contributed by atoms with Crippen LogP contribution in [0.15, 0.2) is 0 Å². The van der Waals surface area contributed by atoms with Gasteiger partial charge in [0.05, 0.1) is 18.8 Å². The second-order valence-corrected chi connectivity index (χ2v) is 6.58. The van der Waals surface area contributed by atoms with Gasteiger partial charge in [0, 0.05) is 25.2 Å². The smallest absolute Gasteiger partial charge is 0.122 e. The van der Waals surface area contributed by atoms with E-state index in [4.69, 9.17) is 4.74 Å². The molecule has 3 unspecified atom stereocenters. The lowest BCUT2D eigenvalue weighted by molar-refractivity contribution is -0.0566. The normalized spacial score (nSPS) is 32.0. The maximum Gasteiger partial charge on any atom is 0.122 e. The van der Waals surface area contributed by atoms with Crippen molar-refractivity contribution in [1.29, 1.82) is 5.26 Å². The van der Waals surface area contributed by atoms with Crippen LogP contribution >= 0.6 is 0 Å². The molecule has 0 bridgehead atoms. The zero-order valence-corrected chi connectivity index (χ0v) is 12.6. The van der Waals surface area contributed by atoms with Gasteiger partial charge in [0.25, 0.3) is 0 Å². The zero-order chi connectivity index (χ0) is 14.0. The number of morpholine rings is 1. The second kappa shape index (κ2) is 5.78. The second-order valence-electron chi connectivity index (χ2n) is 6.58. The first kappa shape index (κ1) is 14.8. The van der Waals surface area contributed by atoms with Crippen molar-refractivity contribution >= 4 is 0 Å². The highest BCUT2D eigenvalue weighted by Gasteiger charge is 2.47. The highest BCUT2D eigenvalue weighted by atomic mass is 16.5. The van der Waals surface area contributed by atoms with Crippen LogP contribution in [0.25, 0.3) is 0 Å². The Morgan fingerprint density at radius 1 is 1.42 bits per heavy atom. The highest BCUT2D eigenvalue weighted by molar-refractivity contribution is 5.17. The lowest BCUT2D eigenvalue weighted by atomic mass is 9.92. The fraction of sp³-hybridized carbons (Fsp3) is 0.933. The molecule has 0 aromatic carbocycles. The molecule has 0 radical (unpaired) electrons. The summed E-state index contributed by atoms with van der Waals surface area (Å²) >= 11 is 0. The number of nitriles is 1. The molecule has 19 heavy (non-hydrogen) atoms. The molecule has 0 aromatic heterocycles. The molecule has 0 amide bonds. The lowest BCUT2D eigenvalue weighted by Crippen LogP contribution is -2.60. The summed E-state index contributed by atoms with van der Waals surface area (Å²) in [5, 5.41) is 13.3. The fourth-order valence-electron chi connectivity index (χ4n) is 3.06. The van der Waals surface area contributed by atoms with Crippen molar-refractivity contribution in [3.8, 4) is 6.07 Å².